The molecular weight excluding hydrogens is 69.3 g/mol. The molecule has 30 valence electrons. The van der Waals surface area contributed by atoms with Gasteiger partial charge in [0.15, 0.2) is 7.41 Å². The zero-order valence-corrected chi connectivity index (χ0v) is 4.78. The van der Waals surface area contributed by atoms with Crippen molar-refractivity contribution < 1.29 is 0 Å². The third-order valence-corrected chi connectivity index (χ3v) is 0.612. The van der Waals surface area contributed by atoms with Gasteiger partial charge in [0.25, 0.3) is 0 Å². The fourth-order valence-corrected chi connectivity index (χ4v) is 0.408. The molecule has 0 fully saturated rings. The second kappa shape index (κ2) is 3.41. The minimum atomic E-state index is 0.648. The molecule has 0 saturated carbocycles. The molecule has 6 heavy (non-hydrogen) atoms. The summed E-state index contributed by atoms with van der Waals surface area (Å²) in [5, 5.41) is 3.21. The molecule has 0 heterocycles. The highest BCUT2D eigenvalue weighted by Crippen LogP contribution is 1.49. The van der Waals surface area contributed by atoms with E-state index in [-0.39, 0.29) is 0 Å². The third kappa shape index (κ3) is 4.22. The molecule has 1 nitrogen and oxygen atoms in total. The molecule has 0 aromatic heterocycles. The summed E-state index contributed by atoms with van der Waals surface area (Å²) in [4.78, 5) is 0. The molecule has 0 aliphatic heterocycles. The maximum atomic E-state index is 3.21. The molecule has 0 atom stereocenters. The van der Waals surface area contributed by atoms with Crippen molar-refractivity contribution in [3.8, 4) is 0 Å². The van der Waals surface area contributed by atoms with Crippen molar-refractivity contribution in [2.24, 2.45) is 0 Å². The molecule has 0 aromatic carbocycles. The molecule has 0 amide bonds. The molecule has 0 aliphatic carbocycles. The van der Waals surface area contributed by atoms with Crippen molar-refractivity contribution in [2.75, 3.05) is 0 Å². The molecule has 0 rings (SSSR count). The van der Waals surface area contributed by atoms with Gasteiger partial charge in [-0.05, 0) is 0 Å². The first-order chi connectivity index (χ1) is 2.77. The number of rotatable bonds is 2. The zero-order chi connectivity index (χ0) is 4.99. The summed E-state index contributed by atoms with van der Waals surface area (Å²) in [5.41, 5.74) is 0. The quantitative estimate of drug-likeness (QED) is 0.353. The summed E-state index contributed by atoms with van der Waals surface area (Å²) in [5.74, 6) is 0. The largest absolute Gasteiger partial charge is 0.413 e. The van der Waals surface area contributed by atoms with E-state index in [2.05, 4.69) is 27.4 Å². The summed E-state index contributed by atoms with van der Waals surface area (Å²) >= 11 is 0. The van der Waals surface area contributed by atoms with Gasteiger partial charge < -0.3 is 5.14 Å². The van der Waals surface area contributed by atoms with Crippen LogP contribution in [0.1, 0.15) is 0 Å². The maximum absolute atomic E-state index is 3.21. The van der Waals surface area contributed by atoms with Gasteiger partial charge in [0.05, 0.1) is 15.5 Å². The Kier molecular flexibility index (Phi) is 3.54. The monoisotopic (exact) mass is 79.1 g/mol. The van der Waals surface area contributed by atoms with Gasteiger partial charge in [-0.1, -0.05) is 6.82 Å². The molecule has 0 spiro atoms. The molecule has 1 N–H and O–H groups in total. The number of nitrogens with one attached hydrogen (secondary N) is 1. The van der Waals surface area contributed by atoms with Gasteiger partial charge in [-0.25, -0.2) is 0 Å². The first kappa shape index (κ1) is 6.22. The van der Waals surface area contributed by atoms with E-state index in [0.717, 1.165) is 7.41 Å². The summed E-state index contributed by atoms with van der Waals surface area (Å²) in [7, 11) is 5.37. The Hall–Kier alpha value is 0.220. The van der Waals surface area contributed by atoms with Gasteiger partial charge in [-0.2, -0.15) is 0 Å². The molecular formula is CH9B4N. The fraction of sp³-hybridized carbons (Fsp3) is 1.00. The van der Waals surface area contributed by atoms with Gasteiger partial charge in [-0.3, -0.25) is 0 Å². The van der Waals surface area contributed by atoms with Crippen LogP contribution in [0, 0.1) is 0 Å². The Labute approximate surface area is 42.4 Å². The van der Waals surface area contributed by atoms with Crippen LogP contribution in [0.2, 0.25) is 6.82 Å². The molecule has 5 heteroatoms. The van der Waals surface area contributed by atoms with Crippen molar-refractivity contribution >= 4 is 29.5 Å². The highest BCUT2D eigenvalue weighted by Gasteiger charge is 1.90. The SMILES string of the molecule is BB(B)NBC. The van der Waals surface area contributed by atoms with E-state index < -0.39 is 0 Å². The average molecular weight is 78.3 g/mol. The van der Waals surface area contributed by atoms with Crippen molar-refractivity contribution in [3.63, 3.8) is 0 Å². The first-order valence-corrected chi connectivity index (χ1v) is 2.50. The van der Waals surface area contributed by atoms with E-state index in [1.165, 1.54) is 0 Å². The Morgan fingerprint density at radius 3 is 2.17 bits per heavy atom. The molecule has 0 saturated heterocycles. The Balaban J connectivity index is 2.63. The van der Waals surface area contributed by atoms with Crippen LogP contribution >= 0.6 is 0 Å². The normalized spacial score (nSPS) is 7.50. The first-order valence-electron chi connectivity index (χ1n) is 2.50. The lowest BCUT2D eigenvalue weighted by molar-refractivity contribution is 1.59. The van der Waals surface area contributed by atoms with Crippen molar-refractivity contribution in [2.45, 2.75) is 6.82 Å². The molecule has 0 bridgehead atoms. The lowest BCUT2D eigenvalue weighted by atomic mass is 9.26. The van der Waals surface area contributed by atoms with Crippen molar-refractivity contribution in [1.82, 2.24) is 5.14 Å². The van der Waals surface area contributed by atoms with Crippen LogP contribution in [-0.2, 0) is 0 Å². The standard InChI is InChI=1S/CH9B4N/c1-4-6-5(2)3/h4,6H,2-3H2,1H3. The fourth-order valence-electron chi connectivity index (χ4n) is 0.408. The summed E-state index contributed by atoms with van der Waals surface area (Å²) in [6.07, 6.45) is 0. The topological polar surface area (TPSA) is 12.0 Å². The zero-order valence-electron chi connectivity index (χ0n) is 4.78. The van der Waals surface area contributed by atoms with Gasteiger partial charge in [0, 0.05) is 0 Å². The Morgan fingerprint density at radius 1 is 1.67 bits per heavy atom. The van der Waals surface area contributed by atoms with E-state index >= 15 is 0 Å². The minimum absolute atomic E-state index is 0.648. The Morgan fingerprint density at radius 2 is 2.17 bits per heavy atom. The van der Waals surface area contributed by atoms with Gasteiger partial charge in [0.2, 0.25) is 0 Å². The van der Waals surface area contributed by atoms with Crippen LogP contribution in [0.25, 0.3) is 0 Å². The second-order valence-electron chi connectivity index (χ2n) is 1.71. The van der Waals surface area contributed by atoms with Crippen LogP contribution in [-0.4, -0.2) is 29.5 Å². The van der Waals surface area contributed by atoms with E-state index in [1.807, 2.05) is 0 Å². The minimum Gasteiger partial charge on any atom is -0.413 e. The van der Waals surface area contributed by atoms with E-state index in [1.54, 1.807) is 0 Å². The van der Waals surface area contributed by atoms with E-state index in [0.29, 0.717) is 6.63 Å². The van der Waals surface area contributed by atoms with Gasteiger partial charge in [-0.15, -0.1) is 0 Å². The number of hydrogen-bond donors (Lipinski definition) is 1. The number of hydrogen-bond acceptors (Lipinski definition) is 1. The van der Waals surface area contributed by atoms with Crippen LogP contribution in [0.5, 0.6) is 0 Å². The summed E-state index contributed by atoms with van der Waals surface area (Å²) in [6.45, 7) is 2.76. The van der Waals surface area contributed by atoms with Crippen molar-refractivity contribution in [1.29, 1.82) is 0 Å². The van der Waals surface area contributed by atoms with Crippen LogP contribution in [0.15, 0.2) is 0 Å². The van der Waals surface area contributed by atoms with E-state index in [4.69, 9.17) is 0 Å². The van der Waals surface area contributed by atoms with Crippen molar-refractivity contribution in [3.05, 3.63) is 0 Å². The lowest BCUT2D eigenvalue weighted by Crippen LogP contribution is -2.36. The smallest absolute Gasteiger partial charge is 0.185 e. The Bertz CT molecular complexity index is 28.7. The lowest BCUT2D eigenvalue weighted by Gasteiger charge is -1.95. The second-order valence-corrected chi connectivity index (χ2v) is 1.71. The maximum Gasteiger partial charge on any atom is 0.185 e. The van der Waals surface area contributed by atoms with Crippen LogP contribution in [0.3, 0.4) is 0 Å². The predicted molar refractivity (Wildman–Crippen MR) is 39.0 cm³/mol. The van der Waals surface area contributed by atoms with E-state index in [9.17, 15) is 0 Å². The molecule has 0 aromatic rings. The highest BCUT2D eigenvalue weighted by molar-refractivity contribution is 7.29. The highest BCUT2D eigenvalue weighted by atomic mass is 14.6. The molecule has 0 radical (unpaired) electrons. The predicted octanol–water partition coefficient (Wildman–Crippen LogP) is -2.77. The summed E-state index contributed by atoms with van der Waals surface area (Å²) in [6, 6.07) is 0. The average Bonchev–Trinajstić information content (AvgIpc) is 1.35. The molecule has 0 aliphatic rings. The van der Waals surface area contributed by atoms with Gasteiger partial charge in [0.1, 0.15) is 6.63 Å². The summed E-state index contributed by atoms with van der Waals surface area (Å²) < 4.78 is 0. The van der Waals surface area contributed by atoms with Crippen LogP contribution < -0.4 is 5.14 Å². The van der Waals surface area contributed by atoms with Crippen LogP contribution in [0.4, 0.5) is 0 Å². The van der Waals surface area contributed by atoms with Gasteiger partial charge >= 0.3 is 0 Å². The third-order valence-electron chi connectivity index (χ3n) is 0.612. The molecule has 0 unspecified atom stereocenters.